The molecule has 2 aromatic carbocycles. The van der Waals surface area contributed by atoms with Crippen LogP contribution in [-0.4, -0.2) is 35.6 Å². The number of sulfonamides is 1. The van der Waals surface area contributed by atoms with Crippen LogP contribution in [0, 0.1) is 5.92 Å². The van der Waals surface area contributed by atoms with E-state index in [0.717, 1.165) is 24.1 Å². The second-order valence-electron chi connectivity index (χ2n) is 7.10. The summed E-state index contributed by atoms with van der Waals surface area (Å²) in [6.45, 7) is 3.23. The number of aromatic nitrogens is 2. The van der Waals surface area contributed by atoms with Crippen molar-refractivity contribution in [2.75, 3.05) is 13.1 Å². The summed E-state index contributed by atoms with van der Waals surface area (Å²) in [5.41, 5.74) is 2.14. The van der Waals surface area contributed by atoms with Gasteiger partial charge in [-0.2, -0.15) is 9.40 Å². The first-order valence-electron chi connectivity index (χ1n) is 9.26. The molecular formula is C21H23N3O2S. The van der Waals surface area contributed by atoms with Crippen molar-refractivity contribution >= 4 is 10.0 Å². The van der Waals surface area contributed by atoms with Crippen LogP contribution in [0.5, 0.6) is 0 Å². The third kappa shape index (κ3) is 3.55. The SMILES string of the molecule is CC1CCCN(S(=O)(=O)c2cn(-c3ccccc3)nc2-c2ccccc2)C1. The number of benzene rings is 2. The van der Waals surface area contributed by atoms with Gasteiger partial charge < -0.3 is 0 Å². The maximum Gasteiger partial charge on any atom is 0.246 e. The fourth-order valence-electron chi connectivity index (χ4n) is 3.56. The average Bonchev–Trinajstić information content (AvgIpc) is 3.16. The molecule has 1 saturated heterocycles. The van der Waals surface area contributed by atoms with Crippen LogP contribution in [0.3, 0.4) is 0 Å². The highest BCUT2D eigenvalue weighted by atomic mass is 32.2. The Balaban J connectivity index is 1.84. The Morgan fingerprint density at radius 2 is 1.67 bits per heavy atom. The Kier molecular flexibility index (Phi) is 4.85. The highest BCUT2D eigenvalue weighted by molar-refractivity contribution is 7.89. The first-order chi connectivity index (χ1) is 13.1. The molecule has 1 unspecified atom stereocenters. The summed E-state index contributed by atoms with van der Waals surface area (Å²) >= 11 is 0. The van der Waals surface area contributed by atoms with Crippen molar-refractivity contribution in [1.82, 2.24) is 14.1 Å². The lowest BCUT2D eigenvalue weighted by Gasteiger charge is -2.29. The van der Waals surface area contributed by atoms with Crippen molar-refractivity contribution in [2.45, 2.75) is 24.7 Å². The van der Waals surface area contributed by atoms with Gasteiger partial charge in [-0.15, -0.1) is 0 Å². The Bertz CT molecular complexity index is 1010. The summed E-state index contributed by atoms with van der Waals surface area (Å²) < 4.78 is 30.2. The monoisotopic (exact) mass is 381 g/mol. The van der Waals surface area contributed by atoms with Gasteiger partial charge in [-0.05, 0) is 30.9 Å². The van der Waals surface area contributed by atoms with E-state index in [1.165, 1.54) is 0 Å². The number of hydrogen-bond acceptors (Lipinski definition) is 3. The van der Waals surface area contributed by atoms with Crippen LogP contribution < -0.4 is 0 Å². The summed E-state index contributed by atoms with van der Waals surface area (Å²) in [7, 11) is -3.61. The molecule has 0 amide bonds. The summed E-state index contributed by atoms with van der Waals surface area (Å²) in [5.74, 6) is 0.373. The van der Waals surface area contributed by atoms with E-state index in [1.54, 1.807) is 15.2 Å². The van der Waals surface area contributed by atoms with Crippen LogP contribution >= 0.6 is 0 Å². The predicted octanol–water partition coefficient (Wildman–Crippen LogP) is 3.96. The molecule has 4 rings (SSSR count). The molecule has 1 aliphatic heterocycles. The van der Waals surface area contributed by atoms with E-state index in [2.05, 4.69) is 12.0 Å². The number of piperidine rings is 1. The van der Waals surface area contributed by atoms with Crippen molar-refractivity contribution in [1.29, 1.82) is 0 Å². The van der Waals surface area contributed by atoms with Crippen LogP contribution in [0.1, 0.15) is 19.8 Å². The normalized spacial score (nSPS) is 18.5. The standard InChI is InChI=1S/C21H23N3O2S/c1-17-9-8-14-23(15-17)27(25,26)20-16-24(19-12-6-3-7-13-19)22-21(20)18-10-4-2-5-11-18/h2-7,10-13,16-17H,8-9,14-15H2,1H3. The van der Waals surface area contributed by atoms with Gasteiger partial charge >= 0.3 is 0 Å². The molecule has 1 fully saturated rings. The molecule has 1 atom stereocenters. The van der Waals surface area contributed by atoms with Gasteiger partial charge in [0, 0.05) is 18.7 Å². The zero-order chi connectivity index (χ0) is 18.9. The minimum absolute atomic E-state index is 0.270. The van der Waals surface area contributed by atoms with Crippen molar-refractivity contribution in [2.24, 2.45) is 5.92 Å². The second kappa shape index (κ2) is 7.29. The zero-order valence-electron chi connectivity index (χ0n) is 15.3. The Morgan fingerprint density at radius 1 is 1.00 bits per heavy atom. The van der Waals surface area contributed by atoms with Crippen LogP contribution in [0.25, 0.3) is 16.9 Å². The van der Waals surface area contributed by atoms with Gasteiger partial charge in [0.15, 0.2) is 0 Å². The van der Waals surface area contributed by atoms with Crippen molar-refractivity contribution in [3.8, 4) is 16.9 Å². The van der Waals surface area contributed by atoms with Gasteiger partial charge in [0.1, 0.15) is 10.6 Å². The number of hydrogen-bond donors (Lipinski definition) is 0. The molecule has 0 N–H and O–H groups in total. The Hall–Kier alpha value is -2.44. The number of para-hydroxylation sites is 1. The summed E-state index contributed by atoms with van der Waals surface area (Å²) in [5, 5.41) is 4.64. The second-order valence-corrected chi connectivity index (χ2v) is 9.00. The molecule has 0 spiro atoms. The lowest BCUT2D eigenvalue weighted by Crippen LogP contribution is -2.39. The van der Waals surface area contributed by atoms with Gasteiger partial charge in [-0.1, -0.05) is 55.5 Å². The highest BCUT2D eigenvalue weighted by Crippen LogP contribution is 2.31. The maximum atomic E-state index is 13.4. The van der Waals surface area contributed by atoms with E-state index in [-0.39, 0.29) is 4.90 Å². The molecule has 2 heterocycles. The molecule has 0 aliphatic carbocycles. The highest BCUT2D eigenvalue weighted by Gasteiger charge is 2.32. The molecule has 0 saturated carbocycles. The fraction of sp³-hybridized carbons (Fsp3) is 0.286. The van der Waals surface area contributed by atoms with Crippen LogP contribution in [-0.2, 0) is 10.0 Å². The topological polar surface area (TPSA) is 55.2 Å². The smallest absolute Gasteiger partial charge is 0.239 e. The van der Waals surface area contributed by atoms with Gasteiger partial charge in [-0.25, -0.2) is 13.1 Å². The minimum Gasteiger partial charge on any atom is -0.239 e. The van der Waals surface area contributed by atoms with Gasteiger partial charge in [0.2, 0.25) is 10.0 Å². The average molecular weight is 382 g/mol. The fourth-order valence-corrected chi connectivity index (χ4v) is 5.29. The third-order valence-corrected chi connectivity index (χ3v) is 6.85. The molecule has 6 heteroatoms. The zero-order valence-corrected chi connectivity index (χ0v) is 16.1. The van der Waals surface area contributed by atoms with E-state index in [0.29, 0.717) is 24.7 Å². The molecule has 0 radical (unpaired) electrons. The molecule has 1 aromatic heterocycles. The quantitative estimate of drug-likeness (QED) is 0.687. The lowest BCUT2D eigenvalue weighted by atomic mass is 10.0. The summed E-state index contributed by atoms with van der Waals surface area (Å²) in [6.07, 6.45) is 3.61. The number of rotatable bonds is 4. The van der Waals surface area contributed by atoms with Crippen LogP contribution in [0.15, 0.2) is 71.8 Å². The van der Waals surface area contributed by atoms with E-state index in [4.69, 9.17) is 0 Å². The van der Waals surface area contributed by atoms with E-state index >= 15 is 0 Å². The Labute approximate surface area is 160 Å². The molecule has 1 aliphatic rings. The number of nitrogens with zero attached hydrogens (tertiary/aromatic N) is 3. The third-order valence-electron chi connectivity index (χ3n) is 4.99. The lowest BCUT2D eigenvalue weighted by molar-refractivity contribution is 0.281. The summed E-state index contributed by atoms with van der Waals surface area (Å²) in [4.78, 5) is 0.270. The summed E-state index contributed by atoms with van der Waals surface area (Å²) in [6, 6.07) is 19.1. The molecule has 140 valence electrons. The predicted molar refractivity (Wildman–Crippen MR) is 106 cm³/mol. The first kappa shape index (κ1) is 17.9. The van der Waals surface area contributed by atoms with Gasteiger partial charge in [0.25, 0.3) is 0 Å². The van der Waals surface area contributed by atoms with Crippen molar-refractivity contribution in [3.05, 3.63) is 66.9 Å². The van der Waals surface area contributed by atoms with E-state index in [1.807, 2.05) is 60.7 Å². The Morgan fingerprint density at radius 3 is 2.33 bits per heavy atom. The molecule has 3 aromatic rings. The molecule has 5 nitrogen and oxygen atoms in total. The molecular weight excluding hydrogens is 358 g/mol. The largest absolute Gasteiger partial charge is 0.246 e. The van der Waals surface area contributed by atoms with Crippen molar-refractivity contribution in [3.63, 3.8) is 0 Å². The van der Waals surface area contributed by atoms with Gasteiger partial charge in [-0.3, -0.25) is 0 Å². The molecule has 27 heavy (non-hydrogen) atoms. The van der Waals surface area contributed by atoms with E-state index in [9.17, 15) is 8.42 Å². The van der Waals surface area contributed by atoms with Crippen LogP contribution in [0.2, 0.25) is 0 Å². The minimum atomic E-state index is -3.61. The first-order valence-corrected chi connectivity index (χ1v) is 10.7. The van der Waals surface area contributed by atoms with Crippen molar-refractivity contribution < 1.29 is 8.42 Å². The van der Waals surface area contributed by atoms with Gasteiger partial charge in [0.05, 0.1) is 11.9 Å². The molecule has 0 bridgehead atoms. The van der Waals surface area contributed by atoms with E-state index < -0.39 is 10.0 Å². The maximum absolute atomic E-state index is 13.4. The van der Waals surface area contributed by atoms with Crippen LogP contribution in [0.4, 0.5) is 0 Å².